The third-order valence-electron chi connectivity index (χ3n) is 11.5. The molecule has 346 valence electrons. The van der Waals surface area contributed by atoms with Crippen molar-refractivity contribution >= 4 is 22.1 Å². The Labute approximate surface area is 397 Å². The maximum absolute atomic E-state index is 13.1. The summed E-state index contributed by atoms with van der Waals surface area (Å²) in [5, 5.41) is 0. The van der Waals surface area contributed by atoms with E-state index in [2.05, 4.69) is 38.2 Å². The van der Waals surface area contributed by atoms with Gasteiger partial charge in [-0.15, -0.1) is 0 Å². The number of hydrogen-bond donors (Lipinski definition) is 0. The Balaban J connectivity index is 0.0000360. The number of ether oxygens (including phenoxy) is 2. The van der Waals surface area contributed by atoms with E-state index in [4.69, 9.17) is 9.47 Å². The first-order chi connectivity index (χ1) is 29.3. The summed E-state index contributed by atoms with van der Waals surface area (Å²) in [5.74, 6) is -1.81. The van der Waals surface area contributed by atoms with Gasteiger partial charge in [0.15, 0.2) is 0 Å². The number of rotatable bonds is 43. The maximum atomic E-state index is 13.1. The summed E-state index contributed by atoms with van der Waals surface area (Å²) >= 11 is 0. The van der Waals surface area contributed by atoms with Crippen molar-refractivity contribution in [2.45, 2.75) is 250 Å². The first kappa shape index (κ1) is 59.5. The molecular weight excluding hydrogens is 792 g/mol. The molecule has 0 aliphatic rings. The molecule has 0 aromatic heterocycles. The van der Waals surface area contributed by atoms with Crippen LogP contribution in [0.4, 0.5) is 0 Å². The Morgan fingerprint density at radius 1 is 0.459 bits per heavy atom. The Morgan fingerprint density at radius 3 is 1.08 bits per heavy atom. The van der Waals surface area contributed by atoms with E-state index in [1.807, 2.05) is 0 Å². The molecule has 0 spiro atoms. The van der Waals surface area contributed by atoms with Gasteiger partial charge in [0.25, 0.3) is 0 Å². The number of hydrogen-bond acceptors (Lipinski definition) is 7. The fraction of sp³-hybridized carbons (Fsp3) is 0.769. The Morgan fingerprint density at radius 2 is 0.754 bits per heavy atom. The number of allylic oxidation sites excluding steroid dienone is 4. The number of esters is 2. The normalized spacial score (nSPS) is 11.7. The van der Waals surface area contributed by atoms with Crippen molar-refractivity contribution in [3.63, 3.8) is 0 Å². The van der Waals surface area contributed by atoms with Gasteiger partial charge in [-0.3, -0.25) is 0 Å². The van der Waals surface area contributed by atoms with E-state index < -0.39 is 32.5 Å². The van der Waals surface area contributed by atoms with Crippen molar-refractivity contribution in [2.75, 3.05) is 13.2 Å². The van der Waals surface area contributed by atoms with Crippen molar-refractivity contribution < 1.29 is 61.6 Å². The van der Waals surface area contributed by atoms with Gasteiger partial charge >= 0.3 is 41.5 Å². The van der Waals surface area contributed by atoms with Gasteiger partial charge in [-0.2, -0.15) is 0 Å². The van der Waals surface area contributed by atoms with Gasteiger partial charge in [0.2, 0.25) is 0 Å². The molecule has 0 heterocycles. The van der Waals surface area contributed by atoms with Gasteiger partial charge in [-0.1, -0.05) is 211 Å². The Hall–Kier alpha value is -1.45. The Bertz CT molecular complexity index is 1340. The molecule has 0 atom stereocenters. The van der Waals surface area contributed by atoms with Crippen LogP contribution in [0.5, 0.6) is 0 Å². The van der Waals surface area contributed by atoms with Crippen LogP contribution in [0, 0.1) is 0 Å². The van der Waals surface area contributed by atoms with Gasteiger partial charge in [0.1, 0.15) is 10.1 Å². The second-order valence-electron chi connectivity index (χ2n) is 17.1. The molecule has 1 aromatic carbocycles. The fourth-order valence-electron chi connectivity index (χ4n) is 7.71. The molecule has 1 aromatic rings. The molecule has 0 N–H and O–H groups in total. The monoisotopic (exact) mass is 881 g/mol. The molecule has 1 rings (SSSR count). The van der Waals surface area contributed by atoms with Crippen molar-refractivity contribution in [2.24, 2.45) is 0 Å². The molecule has 0 radical (unpaired) electrons. The van der Waals surface area contributed by atoms with Crippen LogP contribution >= 0.6 is 0 Å². The largest absolute Gasteiger partial charge is 1.00 e. The van der Waals surface area contributed by atoms with Crippen LogP contribution in [-0.4, -0.2) is 38.1 Å². The molecule has 0 saturated heterocycles. The van der Waals surface area contributed by atoms with E-state index in [9.17, 15) is 22.6 Å². The van der Waals surface area contributed by atoms with E-state index in [1.54, 1.807) is 0 Å². The van der Waals surface area contributed by atoms with E-state index in [1.165, 1.54) is 185 Å². The molecule has 61 heavy (non-hydrogen) atoms. The molecule has 0 fully saturated rings. The van der Waals surface area contributed by atoms with Gasteiger partial charge in [-0.25, -0.2) is 18.0 Å². The average molecular weight is 881 g/mol. The molecule has 0 bridgehead atoms. The molecule has 0 amide bonds. The van der Waals surface area contributed by atoms with Crippen LogP contribution < -0.4 is 29.6 Å². The minimum Gasteiger partial charge on any atom is -0.744 e. The zero-order chi connectivity index (χ0) is 43.6. The van der Waals surface area contributed by atoms with Crippen molar-refractivity contribution in [3.05, 3.63) is 53.6 Å². The van der Waals surface area contributed by atoms with E-state index in [-0.39, 0.29) is 48.3 Å². The third-order valence-corrected chi connectivity index (χ3v) is 12.4. The van der Waals surface area contributed by atoms with Crippen LogP contribution in [0.25, 0.3) is 0 Å². The summed E-state index contributed by atoms with van der Waals surface area (Å²) < 4.78 is 46.9. The summed E-state index contributed by atoms with van der Waals surface area (Å²) in [6, 6.07) is 3.64. The average Bonchev–Trinajstić information content (AvgIpc) is 3.24. The van der Waals surface area contributed by atoms with Crippen LogP contribution in [0.1, 0.15) is 266 Å². The zero-order valence-corrected chi connectivity index (χ0v) is 42.5. The molecular formula is C52H89NaO7S. The van der Waals surface area contributed by atoms with Crippen LogP contribution in [-0.2, 0) is 19.6 Å². The number of benzene rings is 1. The predicted octanol–water partition coefficient (Wildman–Crippen LogP) is 13.1. The first-order valence-corrected chi connectivity index (χ1v) is 26.5. The summed E-state index contributed by atoms with van der Waals surface area (Å²) in [6.45, 7) is 4.77. The number of carbonyl (C=O) groups excluding carboxylic acids is 2. The van der Waals surface area contributed by atoms with Gasteiger partial charge in [0, 0.05) is 0 Å². The smallest absolute Gasteiger partial charge is 0.744 e. The molecule has 0 aliphatic heterocycles. The minimum atomic E-state index is -5.02. The van der Waals surface area contributed by atoms with E-state index >= 15 is 0 Å². The fourth-order valence-corrected chi connectivity index (χ4v) is 8.40. The van der Waals surface area contributed by atoms with E-state index in [0.717, 1.165) is 51.0 Å². The van der Waals surface area contributed by atoms with Gasteiger partial charge in [0.05, 0.1) is 29.2 Å². The Kier molecular flexibility index (Phi) is 42.7. The van der Waals surface area contributed by atoms with Gasteiger partial charge < -0.3 is 14.0 Å². The molecule has 0 unspecified atom stereocenters. The molecule has 7 nitrogen and oxygen atoms in total. The summed E-state index contributed by atoms with van der Waals surface area (Å²) in [6.07, 6.45) is 53.3. The summed E-state index contributed by atoms with van der Waals surface area (Å²) in [5.41, 5.74) is -0.779. The predicted molar refractivity (Wildman–Crippen MR) is 251 cm³/mol. The minimum absolute atomic E-state index is 0. The zero-order valence-electron chi connectivity index (χ0n) is 39.7. The molecule has 0 saturated carbocycles. The van der Waals surface area contributed by atoms with Crippen LogP contribution in [0.15, 0.2) is 47.4 Å². The first-order valence-electron chi connectivity index (χ1n) is 25.1. The molecule has 9 heteroatoms. The van der Waals surface area contributed by atoms with E-state index in [0.29, 0.717) is 12.8 Å². The van der Waals surface area contributed by atoms with Gasteiger partial charge in [-0.05, 0) is 76.3 Å². The van der Waals surface area contributed by atoms with Crippen molar-refractivity contribution in [3.8, 4) is 0 Å². The standard InChI is InChI=1S/C52H90O7S.Na/c1-3-5-7-9-11-13-15-17-19-21-23-25-27-29-31-33-35-37-39-41-46-58-51(53)48-44-43-45-49(60(55,56)57)50(48)52(54)59-47-42-40-38-36-34-32-30-28-26-24-22-20-18-16-14-12-10-8-6-4-2;/h21-24,43-45H,3-20,25-42,46-47H2,1-2H3,(H,55,56,57);/q;+1/p-1/b23-21+,24-22+;. The quantitative estimate of drug-likeness (QED) is 0.0211. The summed E-state index contributed by atoms with van der Waals surface area (Å²) in [4.78, 5) is 25.3. The van der Waals surface area contributed by atoms with Crippen LogP contribution in [0.2, 0.25) is 0 Å². The second-order valence-corrected chi connectivity index (χ2v) is 18.5. The maximum Gasteiger partial charge on any atom is 1.00 e. The van der Waals surface area contributed by atoms with Crippen molar-refractivity contribution in [1.29, 1.82) is 0 Å². The van der Waals surface area contributed by atoms with Crippen LogP contribution in [0.3, 0.4) is 0 Å². The molecule has 0 aliphatic carbocycles. The number of carbonyl (C=O) groups is 2. The third kappa shape index (κ3) is 35.6. The summed E-state index contributed by atoms with van der Waals surface area (Å²) in [7, 11) is -5.02. The topological polar surface area (TPSA) is 110 Å². The second kappa shape index (κ2) is 43.8. The number of unbranched alkanes of at least 4 members (excludes halogenated alkanes) is 32. The van der Waals surface area contributed by atoms with Crippen molar-refractivity contribution in [1.82, 2.24) is 0 Å². The SMILES string of the molecule is CCCCCCCCCC/C=C/CCCCCCCCCCOC(=O)c1cccc(S(=O)(=O)[O-])c1C(=O)OCCCCCCCCCC/C=C/CCCCCCCCCC.[Na+].